The predicted molar refractivity (Wildman–Crippen MR) is 62.5 cm³/mol. The smallest absolute Gasteiger partial charge is 0.306 e. The Labute approximate surface area is 100 Å². The Morgan fingerprint density at radius 1 is 1.24 bits per heavy atom. The van der Waals surface area contributed by atoms with Crippen LogP contribution in [0.15, 0.2) is 18.2 Å². The van der Waals surface area contributed by atoms with Crippen molar-refractivity contribution >= 4 is 5.97 Å². The molecule has 1 unspecified atom stereocenters. The second-order valence-electron chi connectivity index (χ2n) is 4.02. The van der Waals surface area contributed by atoms with E-state index in [2.05, 4.69) is 0 Å². The van der Waals surface area contributed by atoms with Gasteiger partial charge in [0, 0.05) is 0 Å². The first kappa shape index (κ1) is 11.8. The molecular weight excluding hydrogens is 220 g/mol. The zero-order chi connectivity index (χ0) is 12.3. The molecule has 4 nitrogen and oxygen atoms in total. The third-order valence-corrected chi connectivity index (χ3v) is 3.02. The normalized spacial score (nSPS) is 19.6. The van der Waals surface area contributed by atoms with Gasteiger partial charge in [0.05, 0.1) is 27.2 Å². The van der Waals surface area contributed by atoms with Gasteiger partial charge in [0.15, 0.2) is 11.5 Å². The summed E-state index contributed by atoms with van der Waals surface area (Å²) in [6.07, 6.45) is 1.30. The lowest BCUT2D eigenvalue weighted by molar-refractivity contribution is -0.147. The number of cyclic esters (lactones) is 1. The van der Waals surface area contributed by atoms with Gasteiger partial charge in [-0.3, -0.25) is 4.79 Å². The predicted octanol–water partition coefficient (Wildman–Crippen LogP) is 2.12. The van der Waals surface area contributed by atoms with Crippen LogP contribution in [-0.2, 0) is 9.53 Å². The van der Waals surface area contributed by atoms with Crippen LogP contribution in [0.25, 0.3) is 0 Å². The molecule has 4 heteroatoms. The van der Waals surface area contributed by atoms with Gasteiger partial charge in [0.1, 0.15) is 0 Å². The lowest BCUT2D eigenvalue weighted by Crippen LogP contribution is -2.19. The first-order valence-electron chi connectivity index (χ1n) is 5.62. The molecule has 1 aromatic carbocycles. The second-order valence-corrected chi connectivity index (χ2v) is 4.02. The number of benzene rings is 1. The number of hydrogen-bond donors (Lipinski definition) is 0. The summed E-state index contributed by atoms with van der Waals surface area (Å²) in [5.74, 6) is 1.49. The van der Waals surface area contributed by atoms with E-state index in [4.69, 9.17) is 14.2 Å². The first-order chi connectivity index (χ1) is 8.24. The molecule has 17 heavy (non-hydrogen) atoms. The van der Waals surface area contributed by atoms with Crippen molar-refractivity contribution in [3.8, 4) is 11.5 Å². The Kier molecular flexibility index (Phi) is 3.52. The summed E-state index contributed by atoms with van der Waals surface area (Å²) < 4.78 is 15.4. The zero-order valence-electron chi connectivity index (χ0n) is 10.1. The SMILES string of the molecule is COc1ccc(C2CCOC(=O)C2)cc1OC. The maximum Gasteiger partial charge on any atom is 0.306 e. The van der Waals surface area contributed by atoms with Gasteiger partial charge < -0.3 is 14.2 Å². The molecular formula is C13H16O4. The molecule has 0 radical (unpaired) electrons. The minimum atomic E-state index is -0.129. The molecule has 0 N–H and O–H groups in total. The Balaban J connectivity index is 2.23. The number of esters is 1. The standard InChI is InChI=1S/C13H16O4/c1-15-11-4-3-9(7-12(11)16-2)10-5-6-17-13(14)8-10/h3-4,7,10H,5-6,8H2,1-2H3. The fourth-order valence-electron chi connectivity index (χ4n) is 2.07. The van der Waals surface area contributed by atoms with E-state index >= 15 is 0 Å². The molecule has 2 rings (SSSR count). The van der Waals surface area contributed by atoms with Gasteiger partial charge in [0.2, 0.25) is 0 Å². The number of hydrogen-bond acceptors (Lipinski definition) is 4. The van der Waals surface area contributed by atoms with Crippen LogP contribution in [0.1, 0.15) is 24.3 Å². The number of rotatable bonds is 3. The van der Waals surface area contributed by atoms with Crippen LogP contribution < -0.4 is 9.47 Å². The average Bonchev–Trinajstić information content (AvgIpc) is 2.38. The van der Waals surface area contributed by atoms with E-state index in [1.165, 1.54) is 0 Å². The minimum absolute atomic E-state index is 0.129. The monoisotopic (exact) mass is 236 g/mol. The summed E-state index contributed by atoms with van der Waals surface area (Å²) in [5.41, 5.74) is 1.10. The van der Waals surface area contributed by atoms with Gasteiger partial charge in [-0.15, -0.1) is 0 Å². The highest BCUT2D eigenvalue weighted by Crippen LogP contribution is 2.34. The van der Waals surface area contributed by atoms with Crippen LogP contribution in [-0.4, -0.2) is 26.8 Å². The lowest BCUT2D eigenvalue weighted by Gasteiger charge is -2.22. The van der Waals surface area contributed by atoms with E-state index < -0.39 is 0 Å². The Morgan fingerprint density at radius 2 is 2.00 bits per heavy atom. The van der Waals surface area contributed by atoms with Crippen LogP contribution in [0.4, 0.5) is 0 Å². The van der Waals surface area contributed by atoms with Crippen molar-refractivity contribution in [3.63, 3.8) is 0 Å². The Bertz CT molecular complexity index is 414. The summed E-state index contributed by atoms with van der Waals surface area (Å²) in [5, 5.41) is 0. The fraction of sp³-hybridized carbons (Fsp3) is 0.462. The van der Waals surface area contributed by atoms with Gasteiger partial charge in [-0.1, -0.05) is 6.07 Å². The summed E-state index contributed by atoms with van der Waals surface area (Å²) in [7, 11) is 3.21. The van der Waals surface area contributed by atoms with Gasteiger partial charge in [-0.2, -0.15) is 0 Å². The number of carbonyl (C=O) groups excluding carboxylic acids is 1. The van der Waals surface area contributed by atoms with Crippen molar-refractivity contribution in [2.75, 3.05) is 20.8 Å². The molecule has 1 aromatic rings. The first-order valence-corrected chi connectivity index (χ1v) is 5.62. The molecule has 1 saturated heterocycles. The molecule has 0 amide bonds. The summed E-state index contributed by atoms with van der Waals surface area (Å²) in [4.78, 5) is 11.2. The van der Waals surface area contributed by atoms with E-state index in [1.54, 1.807) is 14.2 Å². The Morgan fingerprint density at radius 3 is 2.65 bits per heavy atom. The van der Waals surface area contributed by atoms with Crippen molar-refractivity contribution < 1.29 is 19.0 Å². The molecule has 0 aliphatic carbocycles. The topological polar surface area (TPSA) is 44.8 Å². The van der Waals surface area contributed by atoms with Crippen molar-refractivity contribution in [3.05, 3.63) is 23.8 Å². The summed E-state index contributed by atoms with van der Waals surface area (Å²) in [6, 6.07) is 5.78. The van der Waals surface area contributed by atoms with Crippen LogP contribution in [0.3, 0.4) is 0 Å². The van der Waals surface area contributed by atoms with E-state index in [-0.39, 0.29) is 11.9 Å². The largest absolute Gasteiger partial charge is 0.493 e. The molecule has 92 valence electrons. The number of carbonyl (C=O) groups is 1. The molecule has 0 spiro atoms. The average molecular weight is 236 g/mol. The Hall–Kier alpha value is -1.71. The van der Waals surface area contributed by atoms with Crippen LogP contribution in [0, 0.1) is 0 Å². The highest BCUT2D eigenvalue weighted by Gasteiger charge is 2.23. The van der Waals surface area contributed by atoms with E-state index in [9.17, 15) is 4.79 Å². The van der Waals surface area contributed by atoms with Crippen molar-refractivity contribution in [2.24, 2.45) is 0 Å². The van der Waals surface area contributed by atoms with E-state index in [0.717, 1.165) is 12.0 Å². The molecule has 0 aromatic heterocycles. The summed E-state index contributed by atoms with van der Waals surface area (Å²) >= 11 is 0. The van der Waals surface area contributed by atoms with E-state index in [1.807, 2.05) is 18.2 Å². The van der Waals surface area contributed by atoms with Gasteiger partial charge in [0.25, 0.3) is 0 Å². The molecule has 1 aliphatic rings. The fourth-order valence-corrected chi connectivity index (χ4v) is 2.07. The van der Waals surface area contributed by atoms with E-state index in [0.29, 0.717) is 24.5 Å². The number of ether oxygens (including phenoxy) is 3. The lowest BCUT2D eigenvalue weighted by atomic mass is 9.91. The minimum Gasteiger partial charge on any atom is -0.493 e. The van der Waals surface area contributed by atoms with Crippen molar-refractivity contribution in [1.82, 2.24) is 0 Å². The molecule has 1 heterocycles. The molecule has 1 fully saturated rings. The zero-order valence-corrected chi connectivity index (χ0v) is 10.1. The third-order valence-electron chi connectivity index (χ3n) is 3.02. The summed E-state index contributed by atoms with van der Waals surface area (Å²) in [6.45, 7) is 0.498. The van der Waals surface area contributed by atoms with Gasteiger partial charge >= 0.3 is 5.97 Å². The number of methoxy groups -OCH3 is 2. The van der Waals surface area contributed by atoms with Gasteiger partial charge in [-0.05, 0) is 30.0 Å². The van der Waals surface area contributed by atoms with Crippen LogP contribution in [0.2, 0.25) is 0 Å². The van der Waals surface area contributed by atoms with Gasteiger partial charge in [-0.25, -0.2) is 0 Å². The molecule has 0 bridgehead atoms. The van der Waals surface area contributed by atoms with Crippen LogP contribution in [0.5, 0.6) is 11.5 Å². The third kappa shape index (κ3) is 2.52. The quantitative estimate of drug-likeness (QED) is 0.754. The van der Waals surface area contributed by atoms with Crippen molar-refractivity contribution in [2.45, 2.75) is 18.8 Å². The van der Waals surface area contributed by atoms with Crippen molar-refractivity contribution in [1.29, 1.82) is 0 Å². The maximum absolute atomic E-state index is 11.2. The van der Waals surface area contributed by atoms with Crippen LogP contribution >= 0.6 is 0 Å². The molecule has 0 saturated carbocycles. The maximum atomic E-state index is 11.2. The molecule has 1 aliphatic heterocycles. The molecule has 1 atom stereocenters. The highest BCUT2D eigenvalue weighted by atomic mass is 16.5. The second kappa shape index (κ2) is 5.08. The highest BCUT2D eigenvalue weighted by molar-refractivity contribution is 5.71.